The van der Waals surface area contributed by atoms with Crippen LogP contribution < -0.4 is 14.8 Å². The van der Waals surface area contributed by atoms with Gasteiger partial charge in [-0.3, -0.25) is 4.79 Å². The number of fused-ring (bicyclic) bond motifs is 2. The zero-order chi connectivity index (χ0) is 24.6. The first-order chi connectivity index (χ1) is 16.8. The van der Waals surface area contributed by atoms with Crippen molar-refractivity contribution in [1.29, 1.82) is 0 Å². The average molecular weight is 524 g/mol. The Morgan fingerprint density at radius 3 is 2.57 bits per heavy atom. The molecule has 5 rings (SSSR count). The van der Waals surface area contributed by atoms with Gasteiger partial charge in [0.1, 0.15) is 29.0 Å². The first-order valence-corrected chi connectivity index (χ1v) is 13.6. The molecule has 2 aliphatic heterocycles. The Bertz CT molecular complexity index is 1230. The fourth-order valence-corrected chi connectivity index (χ4v) is 6.76. The smallest absolute Gasteiger partial charge is 0.397 e. The number of hydrogen-bond donors (Lipinski definition) is 2. The van der Waals surface area contributed by atoms with Crippen LogP contribution in [0.4, 0.5) is 8.78 Å². The largest absolute Gasteiger partial charge is 0.486 e. The lowest BCUT2D eigenvalue weighted by Gasteiger charge is -2.30. The number of nitrogens with one attached hydrogen (secondary N) is 1. The number of alkyl halides is 2. The van der Waals surface area contributed by atoms with Crippen molar-refractivity contribution >= 4 is 36.4 Å². The van der Waals surface area contributed by atoms with Crippen molar-refractivity contribution in [2.24, 2.45) is 0 Å². The molecular weight excluding hydrogens is 498 g/mol. The lowest BCUT2D eigenvalue weighted by Crippen LogP contribution is -2.50. The van der Waals surface area contributed by atoms with Crippen molar-refractivity contribution in [3.05, 3.63) is 59.0 Å². The fraction of sp³-hybridized carbons (Fsp3) is 0.400. The summed E-state index contributed by atoms with van der Waals surface area (Å²) in [4.78, 5) is 14.6. The summed E-state index contributed by atoms with van der Waals surface area (Å²) in [5, 5.41) is 14.2. The zero-order valence-corrected chi connectivity index (χ0v) is 20.5. The molecule has 1 aromatic heterocycles. The summed E-state index contributed by atoms with van der Waals surface area (Å²) >= 11 is 0. The maximum atomic E-state index is 15.4. The number of rotatable bonds is 7. The van der Waals surface area contributed by atoms with E-state index in [0.717, 1.165) is 25.9 Å². The van der Waals surface area contributed by atoms with Crippen LogP contribution in [0.25, 0.3) is 10.1 Å². The highest BCUT2D eigenvalue weighted by atomic mass is 35.7. The van der Waals surface area contributed by atoms with Crippen molar-refractivity contribution in [2.75, 3.05) is 32.8 Å². The van der Waals surface area contributed by atoms with Gasteiger partial charge in [-0.1, -0.05) is 18.2 Å². The van der Waals surface area contributed by atoms with Crippen molar-refractivity contribution in [1.82, 2.24) is 10.2 Å². The Morgan fingerprint density at radius 1 is 1.11 bits per heavy atom. The quantitative estimate of drug-likeness (QED) is 0.437. The minimum absolute atomic E-state index is 0.239. The van der Waals surface area contributed by atoms with Crippen LogP contribution in [0.2, 0.25) is 0 Å². The number of halogens is 3. The first kappa shape index (κ1) is 24.2. The van der Waals surface area contributed by atoms with E-state index in [1.54, 1.807) is 42.5 Å². The van der Waals surface area contributed by atoms with Crippen LogP contribution in [0.3, 0.4) is 0 Å². The van der Waals surface area contributed by atoms with Gasteiger partial charge in [0.05, 0.1) is 6.04 Å². The summed E-state index contributed by atoms with van der Waals surface area (Å²) < 4.78 is 42.5. The van der Waals surface area contributed by atoms with E-state index in [1.165, 1.54) is 6.07 Å². The number of thiophene rings is 1. The Labute approximate surface area is 208 Å². The first-order valence-electron chi connectivity index (χ1n) is 11.5. The van der Waals surface area contributed by atoms with E-state index < -0.39 is 38.5 Å². The molecule has 3 atom stereocenters. The maximum Gasteiger partial charge on any atom is 0.397 e. The van der Waals surface area contributed by atoms with Crippen LogP contribution in [0.15, 0.2) is 48.5 Å². The number of amides is 1. The van der Waals surface area contributed by atoms with Crippen LogP contribution in [0.1, 0.15) is 29.4 Å². The molecule has 0 saturated carbocycles. The zero-order valence-electron chi connectivity index (χ0n) is 18.9. The molecule has 35 heavy (non-hydrogen) atoms. The standard InChI is InChI=1S/C25H25ClF2N2O4S/c26-35-21-6-2-1-5-16(21)14-22(35)25(27,28)24(32)29-18(15-30-9-3-4-10-30)23(31)17-7-8-19-20(13-17)34-12-11-33-19/h1-2,5-8,13-14,18,23,31H,3-4,9-12,15H2/p+1/t18-,23-,35?/m1/s1. The average Bonchev–Trinajstić information content (AvgIpc) is 3.51. The molecule has 1 fully saturated rings. The van der Waals surface area contributed by atoms with E-state index in [4.69, 9.17) is 20.2 Å². The van der Waals surface area contributed by atoms with Gasteiger partial charge in [-0.15, -0.1) is 0 Å². The van der Waals surface area contributed by atoms with Gasteiger partial charge in [0, 0.05) is 24.1 Å². The monoisotopic (exact) mass is 523 g/mol. The third kappa shape index (κ3) is 4.82. The van der Waals surface area contributed by atoms with Crippen molar-refractivity contribution in [3.8, 4) is 11.5 Å². The van der Waals surface area contributed by atoms with Crippen LogP contribution in [0, 0.1) is 0 Å². The molecular formula is C25H26ClF2N2O4S+. The summed E-state index contributed by atoms with van der Waals surface area (Å²) in [6.07, 6.45) is 0.740. The van der Waals surface area contributed by atoms with E-state index >= 15 is 8.78 Å². The third-order valence-electron chi connectivity index (χ3n) is 6.45. The Balaban J connectivity index is 1.41. The van der Waals surface area contributed by atoms with Gasteiger partial charge in [-0.2, -0.15) is 8.78 Å². The molecule has 2 aliphatic rings. The Kier molecular flexibility index (Phi) is 6.85. The highest BCUT2D eigenvalue weighted by molar-refractivity contribution is 7.66. The lowest BCUT2D eigenvalue weighted by molar-refractivity contribution is -0.148. The molecule has 0 bridgehead atoms. The highest BCUT2D eigenvalue weighted by Crippen LogP contribution is 2.47. The van der Waals surface area contributed by atoms with E-state index in [9.17, 15) is 9.90 Å². The van der Waals surface area contributed by atoms with Crippen molar-refractivity contribution < 1.29 is 28.2 Å². The van der Waals surface area contributed by atoms with Crippen LogP contribution in [-0.4, -0.2) is 54.8 Å². The van der Waals surface area contributed by atoms with Crippen LogP contribution in [0.5, 0.6) is 11.5 Å². The molecule has 2 N–H and O–H groups in total. The Hall–Kier alpha value is -2.46. The van der Waals surface area contributed by atoms with E-state index in [0.29, 0.717) is 40.4 Å². The molecule has 0 radical (unpaired) electrons. The number of aliphatic hydroxyl groups excluding tert-OH is 1. The van der Waals surface area contributed by atoms with Gasteiger partial charge in [0.2, 0.25) is 15.4 Å². The SMILES string of the molecule is O=C(N[C@H](CN1CCCC1)[C@H](O)c1ccc2c(c1)OCCO2)C(F)(F)c1cc2ccccc2[s+]1Cl. The topological polar surface area (TPSA) is 71.0 Å². The number of carbonyl (C=O) groups is 1. The van der Waals surface area contributed by atoms with Crippen molar-refractivity contribution in [2.45, 2.75) is 30.9 Å². The van der Waals surface area contributed by atoms with Gasteiger partial charge < -0.3 is 24.8 Å². The summed E-state index contributed by atoms with van der Waals surface area (Å²) in [5.74, 6) is -4.28. The number of hydrogen-bond acceptors (Lipinski definition) is 5. The highest BCUT2D eigenvalue weighted by Gasteiger charge is 2.51. The van der Waals surface area contributed by atoms with Gasteiger partial charge >= 0.3 is 11.8 Å². The van der Waals surface area contributed by atoms with Crippen molar-refractivity contribution in [3.63, 3.8) is 0 Å². The Morgan fingerprint density at radius 2 is 1.83 bits per heavy atom. The molecule has 0 aliphatic carbocycles. The lowest BCUT2D eigenvalue weighted by atomic mass is 10.0. The van der Waals surface area contributed by atoms with E-state index in [1.807, 2.05) is 0 Å². The van der Waals surface area contributed by atoms with Gasteiger partial charge in [0.15, 0.2) is 11.5 Å². The second kappa shape index (κ2) is 9.89. The molecule has 1 unspecified atom stereocenters. The number of aliphatic hydroxyl groups is 1. The predicted octanol–water partition coefficient (Wildman–Crippen LogP) is 4.77. The third-order valence-corrected chi connectivity index (χ3v) is 8.96. The van der Waals surface area contributed by atoms with Gasteiger partial charge in [0.25, 0.3) is 4.88 Å². The number of nitrogens with zero attached hydrogens (tertiary/aromatic N) is 1. The molecule has 1 amide bonds. The molecule has 6 nitrogen and oxygen atoms in total. The molecule has 0 spiro atoms. The summed E-state index contributed by atoms with van der Waals surface area (Å²) in [7, 11) is 4.93. The number of benzene rings is 2. The summed E-state index contributed by atoms with van der Waals surface area (Å²) in [6, 6.07) is 12.1. The minimum atomic E-state index is -3.83. The minimum Gasteiger partial charge on any atom is -0.486 e. The molecule has 186 valence electrons. The van der Waals surface area contributed by atoms with Gasteiger partial charge in [-0.25, -0.2) is 0 Å². The summed E-state index contributed by atoms with van der Waals surface area (Å²) in [6.45, 7) is 2.61. The molecule has 2 aromatic carbocycles. The van der Waals surface area contributed by atoms with Crippen LogP contribution >= 0.6 is 20.4 Å². The molecule has 3 heterocycles. The number of carbonyl (C=O) groups excluding carboxylic acids is 1. The second-order valence-electron chi connectivity index (χ2n) is 8.81. The van der Waals surface area contributed by atoms with Crippen LogP contribution in [-0.2, 0) is 10.7 Å². The molecule has 10 heteroatoms. The number of ether oxygens (including phenoxy) is 2. The predicted molar refractivity (Wildman–Crippen MR) is 132 cm³/mol. The second-order valence-corrected chi connectivity index (χ2v) is 11.1. The van der Waals surface area contributed by atoms with E-state index in [-0.39, 0.29) is 6.54 Å². The van der Waals surface area contributed by atoms with Gasteiger partial charge in [-0.05, 0) is 49.7 Å². The maximum absolute atomic E-state index is 15.4. The molecule has 1 saturated heterocycles. The van der Waals surface area contributed by atoms with E-state index in [2.05, 4.69) is 10.2 Å². The normalized spacial score (nSPS) is 18.5. The molecule has 3 aromatic rings. The number of likely N-dealkylation sites (tertiary alicyclic amines) is 1. The fourth-order valence-electron chi connectivity index (χ4n) is 4.59. The summed E-state index contributed by atoms with van der Waals surface area (Å²) in [5.41, 5.74) is 0.451.